The molecule has 0 radical (unpaired) electrons. The largest absolute Gasteiger partial charge is 0.448 e. The molecule has 0 bridgehead atoms. The number of hydrogen-bond acceptors (Lipinski definition) is 7. The number of anilines is 2. The molecular formula is C24H20N6O3S. The van der Waals surface area contributed by atoms with E-state index in [4.69, 9.17) is 11.2 Å². The van der Waals surface area contributed by atoms with Gasteiger partial charge in [0.1, 0.15) is 5.82 Å². The second-order valence-electron chi connectivity index (χ2n) is 7.45. The number of terminal acetylenes is 1. The van der Waals surface area contributed by atoms with Crippen LogP contribution in [0.2, 0.25) is 0 Å². The normalized spacial score (nSPS) is 13.1. The maximum absolute atomic E-state index is 12.5. The quantitative estimate of drug-likeness (QED) is 0.418. The number of carbonyl (C=O) groups excluding carboxylic acids is 2. The first-order valence-electron chi connectivity index (χ1n) is 10.4. The first-order valence-corrected chi connectivity index (χ1v) is 11.3. The summed E-state index contributed by atoms with van der Waals surface area (Å²) in [4.78, 5) is 33.4. The molecule has 0 spiro atoms. The second kappa shape index (κ2) is 9.61. The minimum Gasteiger partial charge on any atom is -0.448 e. The molecule has 34 heavy (non-hydrogen) atoms. The molecule has 3 amide bonds. The molecule has 1 fully saturated rings. The van der Waals surface area contributed by atoms with Gasteiger partial charge in [-0.05, 0) is 55.5 Å². The molecule has 10 heteroatoms. The Hall–Kier alpha value is -4.41. The fourth-order valence-corrected chi connectivity index (χ4v) is 3.86. The lowest BCUT2D eigenvalue weighted by Gasteiger charge is -2.22. The molecular weight excluding hydrogens is 452 g/mol. The number of carbonyl (C=O) groups is 2. The van der Waals surface area contributed by atoms with E-state index in [1.807, 2.05) is 12.1 Å². The Morgan fingerprint density at radius 3 is 2.68 bits per heavy atom. The van der Waals surface area contributed by atoms with E-state index in [0.717, 1.165) is 29.0 Å². The first-order chi connectivity index (χ1) is 16.5. The van der Waals surface area contributed by atoms with Crippen molar-refractivity contribution in [2.45, 2.75) is 25.2 Å². The number of urea groups is 1. The van der Waals surface area contributed by atoms with Gasteiger partial charge in [0.25, 0.3) is 0 Å². The van der Waals surface area contributed by atoms with E-state index in [2.05, 4.69) is 32.7 Å². The number of aromatic nitrogens is 2. The maximum atomic E-state index is 12.5. The number of benzene rings is 1. The molecule has 0 unspecified atom stereocenters. The Morgan fingerprint density at radius 2 is 2.06 bits per heavy atom. The highest BCUT2D eigenvalue weighted by molar-refractivity contribution is 7.10. The number of thiazole rings is 1. The average molecular weight is 473 g/mol. The number of rotatable bonds is 5. The summed E-state index contributed by atoms with van der Waals surface area (Å²) in [5.74, 6) is 2.66. The number of pyridine rings is 1. The van der Waals surface area contributed by atoms with Gasteiger partial charge in [-0.2, -0.15) is 10.3 Å². The van der Waals surface area contributed by atoms with Crippen LogP contribution in [0.25, 0.3) is 11.3 Å². The highest BCUT2D eigenvalue weighted by atomic mass is 32.1. The van der Waals surface area contributed by atoms with Crippen molar-refractivity contribution in [1.82, 2.24) is 15.4 Å². The van der Waals surface area contributed by atoms with E-state index in [1.165, 1.54) is 11.3 Å². The van der Waals surface area contributed by atoms with Gasteiger partial charge in [0.15, 0.2) is 5.01 Å². The molecule has 9 nitrogen and oxygen atoms in total. The Morgan fingerprint density at radius 1 is 1.29 bits per heavy atom. The van der Waals surface area contributed by atoms with Crippen LogP contribution in [0.4, 0.5) is 21.1 Å². The summed E-state index contributed by atoms with van der Waals surface area (Å²) in [5.41, 5.74) is 4.91. The third kappa shape index (κ3) is 4.82. The molecule has 4 rings (SSSR count). The number of ether oxygens (including phenoxy) is 1. The zero-order valence-corrected chi connectivity index (χ0v) is 19.1. The molecule has 170 valence electrons. The zero-order chi connectivity index (χ0) is 24.1. The van der Waals surface area contributed by atoms with Crippen LogP contribution < -0.4 is 15.8 Å². The van der Waals surface area contributed by atoms with Gasteiger partial charge in [-0.15, -0.1) is 17.8 Å². The van der Waals surface area contributed by atoms with Crippen molar-refractivity contribution < 1.29 is 14.3 Å². The minimum absolute atomic E-state index is 0.131. The van der Waals surface area contributed by atoms with Gasteiger partial charge in [0.2, 0.25) is 0 Å². The van der Waals surface area contributed by atoms with Gasteiger partial charge in [-0.1, -0.05) is 12.1 Å². The highest BCUT2D eigenvalue weighted by Gasteiger charge is 2.45. The topological polar surface area (TPSA) is 120 Å². The Kier molecular flexibility index (Phi) is 6.44. The lowest BCUT2D eigenvalue weighted by molar-refractivity contribution is 0.156. The number of nitrogens with one attached hydrogen (secondary N) is 2. The minimum atomic E-state index is -0.752. The summed E-state index contributed by atoms with van der Waals surface area (Å²) in [5, 5.41) is 15.0. The fraction of sp³-hybridized carbons (Fsp3) is 0.208. The Balaban J connectivity index is 1.53. The molecule has 1 aromatic carbocycles. The maximum Gasteiger partial charge on any atom is 0.433 e. The SMILES string of the molecule is C#Cc1nc(NC(=O)NN(C(=O)OCC)c2ccc(-c3cc(C4(C#N)CC4)ccn3)cc2)cs1. The van der Waals surface area contributed by atoms with Gasteiger partial charge in [-0.25, -0.2) is 20.0 Å². The van der Waals surface area contributed by atoms with Crippen molar-refractivity contribution in [3.63, 3.8) is 0 Å². The van der Waals surface area contributed by atoms with Gasteiger partial charge in [0, 0.05) is 17.1 Å². The summed E-state index contributed by atoms with van der Waals surface area (Å²) in [6.45, 7) is 1.80. The highest BCUT2D eigenvalue weighted by Crippen LogP contribution is 2.47. The van der Waals surface area contributed by atoms with Crippen molar-refractivity contribution in [2.75, 3.05) is 16.9 Å². The molecule has 1 aliphatic carbocycles. The van der Waals surface area contributed by atoms with Crippen LogP contribution in [0.3, 0.4) is 0 Å². The first kappa shape index (κ1) is 22.8. The molecule has 1 aliphatic rings. The third-order valence-corrected chi connectivity index (χ3v) is 6.00. The summed E-state index contributed by atoms with van der Waals surface area (Å²) < 4.78 is 5.08. The predicted molar refractivity (Wildman–Crippen MR) is 128 cm³/mol. The summed E-state index contributed by atoms with van der Waals surface area (Å²) >= 11 is 1.21. The molecule has 2 heterocycles. The van der Waals surface area contributed by atoms with Crippen molar-refractivity contribution in [3.05, 3.63) is 58.5 Å². The monoisotopic (exact) mass is 472 g/mol. The van der Waals surface area contributed by atoms with E-state index in [-0.39, 0.29) is 12.4 Å². The fourth-order valence-electron chi connectivity index (χ4n) is 3.30. The summed E-state index contributed by atoms with van der Waals surface area (Å²) in [6, 6.07) is 12.4. The van der Waals surface area contributed by atoms with Crippen molar-refractivity contribution >= 4 is 35.0 Å². The molecule has 0 atom stereocenters. The number of nitrogens with zero attached hydrogens (tertiary/aromatic N) is 4. The molecule has 3 aromatic rings. The second-order valence-corrected chi connectivity index (χ2v) is 8.31. The van der Waals surface area contributed by atoms with Gasteiger partial charge in [-0.3, -0.25) is 10.3 Å². The third-order valence-electron chi connectivity index (χ3n) is 5.23. The lowest BCUT2D eigenvalue weighted by atomic mass is 9.97. The predicted octanol–water partition coefficient (Wildman–Crippen LogP) is 4.44. The number of hydrogen-bond donors (Lipinski definition) is 2. The molecule has 1 saturated carbocycles. The Bertz CT molecular complexity index is 1300. The Labute approximate surface area is 200 Å². The van der Waals surface area contributed by atoms with Crippen LogP contribution in [0, 0.1) is 23.7 Å². The van der Waals surface area contributed by atoms with Crippen molar-refractivity contribution in [3.8, 4) is 29.7 Å². The molecule has 2 aromatic heterocycles. The zero-order valence-electron chi connectivity index (χ0n) is 18.2. The number of hydrazine groups is 1. The van der Waals surface area contributed by atoms with E-state index in [0.29, 0.717) is 16.4 Å². The van der Waals surface area contributed by atoms with Gasteiger partial charge < -0.3 is 4.74 Å². The van der Waals surface area contributed by atoms with Crippen LogP contribution >= 0.6 is 11.3 Å². The van der Waals surface area contributed by atoms with E-state index < -0.39 is 17.5 Å². The van der Waals surface area contributed by atoms with Crippen LogP contribution in [-0.2, 0) is 10.2 Å². The summed E-state index contributed by atoms with van der Waals surface area (Å²) in [7, 11) is 0. The van der Waals surface area contributed by atoms with Gasteiger partial charge in [0.05, 0.1) is 29.5 Å². The lowest BCUT2D eigenvalue weighted by Crippen LogP contribution is -2.48. The van der Waals surface area contributed by atoms with Crippen molar-refractivity contribution in [2.24, 2.45) is 0 Å². The number of nitriles is 1. The standard InChI is InChI=1S/C24H20N6O3S/c1-3-21-27-20(14-34-21)28-22(31)29-30(23(32)33-4-2)18-7-5-16(6-8-18)19-13-17(9-12-26-19)24(15-25)10-11-24/h1,5-9,12-14H,4,10-11H2,2H3,(H2,28,29,31). The van der Waals surface area contributed by atoms with E-state index in [1.54, 1.807) is 42.8 Å². The van der Waals surface area contributed by atoms with E-state index in [9.17, 15) is 14.9 Å². The molecule has 2 N–H and O–H groups in total. The van der Waals surface area contributed by atoms with Gasteiger partial charge >= 0.3 is 12.1 Å². The van der Waals surface area contributed by atoms with E-state index >= 15 is 0 Å². The summed E-state index contributed by atoms with van der Waals surface area (Å²) in [6.07, 6.45) is 7.93. The van der Waals surface area contributed by atoms with Crippen molar-refractivity contribution in [1.29, 1.82) is 5.26 Å². The molecule has 0 aliphatic heterocycles. The van der Waals surface area contributed by atoms with Crippen LogP contribution in [0.5, 0.6) is 0 Å². The average Bonchev–Trinajstić information content (AvgIpc) is 3.54. The molecule has 0 saturated heterocycles. The van der Waals surface area contributed by atoms with Crippen LogP contribution in [0.15, 0.2) is 48.0 Å². The number of amides is 3. The smallest absolute Gasteiger partial charge is 0.433 e. The van der Waals surface area contributed by atoms with Crippen LogP contribution in [0.1, 0.15) is 30.3 Å². The van der Waals surface area contributed by atoms with Crippen LogP contribution in [-0.4, -0.2) is 28.7 Å².